The number of hydrogen-bond donors (Lipinski definition) is 0. The summed E-state index contributed by atoms with van der Waals surface area (Å²) in [4.78, 5) is 30.7. The summed E-state index contributed by atoms with van der Waals surface area (Å²) in [7, 11) is 0. The minimum atomic E-state index is -0.580. The van der Waals surface area contributed by atoms with Crippen molar-refractivity contribution in [3.8, 4) is 5.75 Å². The molecule has 0 N–H and O–H groups in total. The number of β-lactam (4-membered cyclic amide) rings is 1. The first kappa shape index (κ1) is 22.0. The molecule has 33 heavy (non-hydrogen) atoms. The van der Waals surface area contributed by atoms with Crippen LogP contribution in [0.3, 0.4) is 0 Å². The lowest BCUT2D eigenvalue weighted by molar-refractivity contribution is -0.170. The number of likely N-dealkylation sites (tertiary alicyclic amines) is 2. The van der Waals surface area contributed by atoms with E-state index < -0.39 is 6.10 Å². The number of amides is 2. The van der Waals surface area contributed by atoms with Gasteiger partial charge >= 0.3 is 0 Å². The van der Waals surface area contributed by atoms with E-state index in [2.05, 4.69) is 6.07 Å². The van der Waals surface area contributed by atoms with E-state index >= 15 is 0 Å². The Balaban J connectivity index is 1.33. The smallest absolute Gasteiger partial charge is 0.289 e. The van der Waals surface area contributed by atoms with Crippen molar-refractivity contribution in [1.82, 2.24) is 9.80 Å². The largest absolute Gasteiger partial charge is 0.478 e. The minimum absolute atomic E-state index is 0.0136. The fourth-order valence-electron chi connectivity index (χ4n) is 4.75. The van der Waals surface area contributed by atoms with Gasteiger partial charge in [0.1, 0.15) is 11.8 Å². The van der Waals surface area contributed by atoms with Gasteiger partial charge in [0, 0.05) is 24.0 Å². The summed E-state index contributed by atoms with van der Waals surface area (Å²) in [6.07, 6.45) is 2.35. The molecule has 2 aliphatic heterocycles. The van der Waals surface area contributed by atoms with Gasteiger partial charge < -0.3 is 19.0 Å². The third kappa shape index (κ3) is 4.15. The molecule has 2 fully saturated rings. The van der Waals surface area contributed by atoms with Gasteiger partial charge in [0.25, 0.3) is 11.8 Å². The molecule has 0 radical (unpaired) electrons. The minimum Gasteiger partial charge on any atom is -0.478 e. The van der Waals surface area contributed by atoms with Gasteiger partial charge in [0.05, 0.1) is 10.6 Å². The maximum atomic E-state index is 13.3. The Hall–Kier alpha value is -2.77. The van der Waals surface area contributed by atoms with Gasteiger partial charge in [-0.2, -0.15) is 0 Å². The number of hydrogen-bond acceptors (Lipinski definition) is 5. The molecule has 0 spiro atoms. The maximum Gasteiger partial charge on any atom is 0.289 e. The van der Waals surface area contributed by atoms with Crippen LogP contribution in [-0.2, 0) is 4.79 Å². The number of carbonyl (C=O) groups excluding carboxylic acids is 2. The monoisotopic (exact) mass is 484 g/mol. The van der Waals surface area contributed by atoms with Gasteiger partial charge in [-0.15, -0.1) is 11.3 Å². The lowest BCUT2D eigenvalue weighted by atomic mass is 9.89. The van der Waals surface area contributed by atoms with Crippen LogP contribution in [0.2, 0.25) is 4.34 Å². The van der Waals surface area contributed by atoms with Crippen molar-refractivity contribution < 1.29 is 18.7 Å². The van der Waals surface area contributed by atoms with Crippen molar-refractivity contribution in [3.63, 3.8) is 0 Å². The second-order valence-corrected chi connectivity index (χ2v) is 10.4. The van der Waals surface area contributed by atoms with Crippen LogP contribution in [0.25, 0.3) is 0 Å². The Morgan fingerprint density at radius 2 is 1.94 bits per heavy atom. The highest BCUT2D eigenvalue weighted by atomic mass is 35.5. The first-order valence-corrected chi connectivity index (χ1v) is 12.3. The van der Waals surface area contributed by atoms with E-state index in [1.807, 2.05) is 43.0 Å². The molecule has 1 aromatic carbocycles. The highest BCUT2D eigenvalue weighted by Crippen LogP contribution is 2.44. The van der Waals surface area contributed by atoms with Crippen molar-refractivity contribution >= 4 is 34.8 Å². The number of piperidine rings is 1. The fourth-order valence-corrected chi connectivity index (χ4v) is 5.94. The third-order valence-corrected chi connectivity index (χ3v) is 7.73. The Labute approximate surface area is 201 Å². The maximum absolute atomic E-state index is 13.3. The Kier molecular flexibility index (Phi) is 5.93. The van der Waals surface area contributed by atoms with Crippen molar-refractivity contribution in [3.05, 3.63) is 74.8 Å². The van der Waals surface area contributed by atoms with Crippen LogP contribution in [0, 0.1) is 13.8 Å². The van der Waals surface area contributed by atoms with Crippen LogP contribution >= 0.6 is 22.9 Å². The van der Waals surface area contributed by atoms with Gasteiger partial charge in [-0.25, -0.2) is 0 Å². The highest BCUT2D eigenvalue weighted by molar-refractivity contribution is 7.16. The lowest BCUT2D eigenvalue weighted by Gasteiger charge is -2.51. The van der Waals surface area contributed by atoms with Gasteiger partial charge in [-0.3, -0.25) is 9.59 Å². The van der Waals surface area contributed by atoms with Crippen molar-refractivity contribution in [2.24, 2.45) is 0 Å². The van der Waals surface area contributed by atoms with Crippen molar-refractivity contribution in [1.29, 1.82) is 0 Å². The summed E-state index contributed by atoms with van der Waals surface area (Å²) in [6, 6.07) is 13.1. The number of rotatable bonds is 5. The summed E-state index contributed by atoms with van der Waals surface area (Å²) in [6.45, 7) is 5.18. The van der Waals surface area contributed by atoms with Crippen LogP contribution in [0.15, 0.2) is 53.1 Å². The number of benzene rings is 1. The van der Waals surface area contributed by atoms with E-state index in [9.17, 15) is 9.59 Å². The summed E-state index contributed by atoms with van der Waals surface area (Å²) in [5.74, 6) is 0.956. The molecule has 2 saturated heterocycles. The normalized spacial score (nSPS) is 21.2. The molecule has 5 rings (SSSR count). The molecule has 0 bridgehead atoms. The number of nitrogens with zero attached hydrogens (tertiary/aromatic N) is 2. The molecule has 172 valence electrons. The number of furan rings is 1. The predicted octanol–water partition coefficient (Wildman–Crippen LogP) is 5.25. The first-order chi connectivity index (χ1) is 15.9. The molecule has 3 aromatic rings. The molecule has 2 atom stereocenters. The lowest BCUT2D eigenvalue weighted by Crippen LogP contribution is -2.65. The molecular formula is C25H25ClN2O4S. The second-order valence-electron chi connectivity index (χ2n) is 8.64. The number of aryl methyl sites for hydroxylation is 2. The first-order valence-electron chi connectivity index (χ1n) is 11.1. The molecule has 2 aliphatic rings. The summed E-state index contributed by atoms with van der Waals surface area (Å²) >= 11 is 7.71. The predicted molar refractivity (Wildman–Crippen MR) is 127 cm³/mol. The van der Waals surface area contributed by atoms with Crippen LogP contribution in [-0.4, -0.2) is 46.8 Å². The van der Waals surface area contributed by atoms with Gasteiger partial charge in [0.15, 0.2) is 5.76 Å². The molecular weight excluding hydrogens is 460 g/mol. The third-order valence-electron chi connectivity index (χ3n) is 6.43. The zero-order valence-electron chi connectivity index (χ0n) is 18.5. The molecule has 6 nitrogen and oxygen atoms in total. The number of ether oxygens (including phenoxy) is 1. The SMILES string of the molecule is Cc1ccc(O[C@H]2C(=O)N(C3CCN(C(=O)c4ccco4)CC3)[C@@H]2c2ccc(Cl)s2)c(C)c1. The van der Waals surface area contributed by atoms with Gasteiger partial charge in [-0.1, -0.05) is 29.3 Å². The highest BCUT2D eigenvalue weighted by Gasteiger charge is 2.54. The summed E-state index contributed by atoms with van der Waals surface area (Å²) in [5, 5.41) is 0. The Morgan fingerprint density at radius 3 is 2.58 bits per heavy atom. The Morgan fingerprint density at radius 1 is 1.15 bits per heavy atom. The molecule has 0 aliphatic carbocycles. The molecule has 0 unspecified atom stereocenters. The summed E-state index contributed by atoms with van der Waals surface area (Å²) in [5.41, 5.74) is 2.16. The van der Waals surface area contributed by atoms with Gasteiger partial charge in [-0.05, 0) is 62.6 Å². The molecule has 2 aromatic heterocycles. The fraction of sp³-hybridized carbons (Fsp3) is 0.360. The number of halogens is 1. The van der Waals surface area contributed by atoms with Crippen molar-refractivity contribution in [2.75, 3.05) is 13.1 Å². The molecule has 4 heterocycles. The average molecular weight is 485 g/mol. The van der Waals surface area contributed by atoms with E-state index in [1.54, 1.807) is 17.0 Å². The van der Waals surface area contributed by atoms with E-state index in [0.29, 0.717) is 36.0 Å². The standard InChI is InChI=1S/C25H25ClN2O4S/c1-15-5-6-18(16(2)14-15)32-23-22(20-7-8-21(26)33-20)28(25(23)30)17-9-11-27(12-10-17)24(29)19-4-3-13-31-19/h3-8,13-14,17,22-23H,9-12H2,1-2H3/t22-,23-/m1/s1. The van der Waals surface area contributed by atoms with E-state index in [4.69, 9.17) is 20.8 Å². The van der Waals surface area contributed by atoms with E-state index in [-0.39, 0.29) is 23.9 Å². The number of thiophene rings is 1. The van der Waals surface area contributed by atoms with Crippen LogP contribution in [0.5, 0.6) is 5.75 Å². The zero-order valence-corrected chi connectivity index (χ0v) is 20.1. The quantitative estimate of drug-likeness (QED) is 0.464. The number of carbonyl (C=O) groups is 2. The van der Waals surface area contributed by atoms with Gasteiger partial charge in [0.2, 0.25) is 6.10 Å². The molecule has 2 amide bonds. The Bertz CT molecular complexity index is 1170. The zero-order chi connectivity index (χ0) is 23.1. The van der Waals surface area contributed by atoms with Crippen LogP contribution < -0.4 is 4.74 Å². The summed E-state index contributed by atoms with van der Waals surface area (Å²) < 4.78 is 12.2. The average Bonchev–Trinajstić information content (AvgIpc) is 3.48. The van der Waals surface area contributed by atoms with Crippen LogP contribution in [0.4, 0.5) is 0 Å². The van der Waals surface area contributed by atoms with Crippen molar-refractivity contribution in [2.45, 2.75) is 44.9 Å². The molecule has 0 saturated carbocycles. The van der Waals surface area contributed by atoms with Crippen LogP contribution in [0.1, 0.15) is 45.4 Å². The van der Waals surface area contributed by atoms with E-state index in [0.717, 1.165) is 21.8 Å². The van der Waals surface area contributed by atoms with E-state index in [1.165, 1.54) is 17.6 Å². The molecule has 8 heteroatoms. The second kappa shape index (κ2) is 8.88. The topological polar surface area (TPSA) is 63.0 Å².